The number of Topliss-reactive ketones (excluding diaryl/α,β-unsaturated/α-hetero) is 1. The van der Waals surface area contributed by atoms with Gasteiger partial charge in [-0.15, -0.1) is 0 Å². The summed E-state index contributed by atoms with van der Waals surface area (Å²) in [4.78, 5) is 20.9. The topological polar surface area (TPSA) is 63.6 Å². The summed E-state index contributed by atoms with van der Waals surface area (Å²) in [5, 5.41) is 8.22. The highest BCUT2D eigenvalue weighted by molar-refractivity contribution is 5.82. The third-order valence-corrected chi connectivity index (χ3v) is 1.39. The van der Waals surface area contributed by atoms with Gasteiger partial charge in [-0.05, 0) is 0 Å². The van der Waals surface area contributed by atoms with Crippen molar-refractivity contribution < 1.29 is 28.2 Å². The lowest BCUT2D eigenvalue weighted by molar-refractivity contribution is -0.138. The predicted molar refractivity (Wildman–Crippen MR) is 43.3 cm³/mol. The Morgan fingerprint density at radius 3 is 2.36 bits per heavy atom. The zero-order valence-electron chi connectivity index (χ0n) is 7.54. The van der Waals surface area contributed by atoms with Gasteiger partial charge in [-0.25, -0.2) is 8.78 Å². The number of aliphatic carboxylic acids is 1. The van der Waals surface area contributed by atoms with E-state index in [2.05, 4.69) is 4.74 Å². The van der Waals surface area contributed by atoms with Crippen molar-refractivity contribution >= 4 is 11.8 Å². The normalized spacial score (nSPS) is 10.5. The summed E-state index contributed by atoms with van der Waals surface area (Å²) in [6, 6.07) is 0. The largest absolute Gasteiger partial charge is 0.481 e. The van der Waals surface area contributed by atoms with E-state index in [1.807, 2.05) is 0 Å². The lowest BCUT2D eigenvalue weighted by atomic mass is 10.2. The van der Waals surface area contributed by atoms with Gasteiger partial charge in [0.05, 0.1) is 13.0 Å². The molecule has 0 unspecified atom stereocenters. The standard InChI is InChI=1S/C8H12F2O4/c9-7(10)5-14-4-3-6(11)1-2-8(12)13/h7H,1-5H2,(H,12,13). The average Bonchev–Trinajstić information content (AvgIpc) is 2.08. The highest BCUT2D eigenvalue weighted by atomic mass is 19.3. The molecule has 0 aliphatic heterocycles. The third-order valence-electron chi connectivity index (χ3n) is 1.39. The van der Waals surface area contributed by atoms with Crippen molar-refractivity contribution in [3.63, 3.8) is 0 Å². The van der Waals surface area contributed by atoms with Crippen molar-refractivity contribution in [2.45, 2.75) is 25.7 Å². The van der Waals surface area contributed by atoms with Gasteiger partial charge in [0.1, 0.15) is 12.4 Å². The van der Waals surface area contributed by atoms with Crippen LogP contribution in [0.15, 0.2) is 0 Å². The van der Waals surface area contributed by atoms with Crippen LogP contribution in [-0.4, -0.2) is 36.5 Å². The van der Waals surface area contributed by atoms with E-state index in [4.69, 9.17) is 5.11 Å². The van der Waals surface area contributed by atoms with E-state index in [1.54, 1.807) is 0 Å². The lowest BCUT2D eigenvalue weighted by Gasteiger charge is -2.01. The monoisotopic (exact) mass is 210 g/mol. The maximum Gasteiger partial charge on any atom is 0.303 e. The summed E-state index contributed by atoms with van der Waals surface area (Å²) in [5.74, 6) is -1.34. The molecule has 0 aromatic rings. The second-order valence-corrected chi connectivity index (χ2v) is 2.65. The van der Waals surface area contributed by atoms with E-state index in [1.165, 1.54) is 0 Å². The van der Waals surface area contributed by atoms with Crippen LogP contribution in [0.25, 0.3) is 0 Å². The minimum absolute atomic E-state index is 0.0139. The fourth-order valence-electron chi connectivity index (χ4n) is 0.730. The third kappa shape index (κ3) is 9.05. The first-order valence-corrected chi connectivity index (χ1v) is 4.11. The van der Waals surface area contributed by atoms with Gasteiger partial charge < -0.3 is 9.84 Å². The average molecular weight is 210 g/mol. The van der Waals surface area contributed by atoms with Gasteiger partial charge in [0.15, 0.2) is 0 Å². The Hall–Kier alpha value is -1.04. The zero-order chi connectivity index (χ0) is 11.0. The van der Waals surface area contributed by atoms with Crippen LogP contribution in [0, 0.1) is 0 Å². The quantitative estimate of drug-likeness (QED) is 0.609. The van der Waals surface area contributed by atoms with Crippen molar-refractivity contribution in [1.82, 2.24) is 0 Å². The first kappa shape index (κ1) is 13.0. The summed E-state index contributed by atoms with van der Waals surface area (Å²) in [5.41, 5.74) is 0. The number of rotatable bonds is 8. The summed E-state index contributed by atoms with van der Waals surface area (Å²) >= 11 is 0. The lowest BCUT2D eigenvalue weighted by Crippen LogP contribution is -2.10. The molecule has 0 spiro atoms. The molecule has 0 heterocycles. The van der Waals surface area contributed by atoms with Crippen LogP contribution in [-0.2, 0) is 14.3 Å². The van der Waals surface area contributed by atoms with Gasteiger partial charge in [-0.1, -0.05) is 0 Å². The minimum Gasteiger partial charge on any atom is -0.481 e. The zero-order valence-corrected chi connectivity index (χ0v) is 7.54. The Morgan fingerprint density at radius 2 is 1.86 bits per heavy atom. The molecule has 82 valence electrons. The van der Waals surface area contributed by atoms with Gasteiger partial charge in [-0.2, -0.15) is 0 Å². The summed E-state index contributed by atoms with van der Waals surface area (Å²) in [6.07, 6.45) is -2.86. The van der Waals surface area contributed by atoms with Crippen molar-refractivity contribution in [1.29, 1.82) is 0 Å². The minimum atomic E-state index is -2.54. The van der Waals surface area contributed by atoms with Crippen LogP contribution in [0.3, 0.4) is 0 Å². The van der Waals surface area contributed by atoms with E-state index in [0.29, 0.717) is 0 Å². The number of hydrogen-bond acceptors (Lipinski definition) is 3. The summed E-state index contributed by atoms with van der Waals surface area (Å²) < 4.78 is 27.5. The molecular weight excluding hydrogens is 198 g/mol. The molecule has 0 fully saturated rings. The van der Waals surface area contributed by atoms with E-state index in [-0.39, 0.29) is 31.7 Å². The van der Waals surface area contributed by atoms with Crippen LogP contribution in [0.4, 0.5) is 8.78 Å². The number of halogens is 2. The molecule has 4 nitrogen and oxygen atoms in total. The fourth-order valence-corrected chi connectivity index (χ4v) is 0.730. The van der Waals surface area contributed by atoms with Gasteiger partial charge >= 0.3 is 5.97 Å². The molecule has 0 rings (SSSR count). The van der Waals surface area contributed by atoms with Gasteiger partial charge in [0, 0.05) is 12.8 Å². The highest BCUT2D eigenvalue weighted by Crippen LogP contribution is 1.98. The van der Waals surface area contributed by atoms with Crippen LogP contribution in [0.5, 0.6) is 0 Å². The molecular formula is C8H12F2O4. The Balaban J connectivity index is 3.31. The number of carboxylic acids is 1. The first-order valence-electron chi connectivity index (χ1n) is 4.11. The first-order chi connectivity index (χ1) is 6.52. The van der Waals surface area contributed by atoms with E-state index in [0.717, 1.165) is 0 Å². The number of alkyl halides is 2. The molecule has 0 aromatic carbocycles. The van der Waals surface area contributed by atoms with Crippen molar-refractivity contribution in [3.05, 3.63) is 0 Å². The molecule has 0 atom stereocenters. The number of ether oxygens (including phenoxy) is 1. The second kappa shape index (κ2) is 7.37. The molecule has 0 amide bonds. The maximum atomic E-state index is 11.5. The predicted octanol–water partition coefficient (Wildman–Crippen LogP) is 1.09. The molecule has 0 aromatic heterocycles. The molecule has 0 saturated carbocycles. The Morgan fingerprint density at radius 1 is 1.21 bits per heavy atom. The molecule has 14 heavy (non-hydrogen) atoms. The molecule has 1 N–H and O–H groups in total. The number of ketones is 1. The maximum absolute atomic E-state index is 11.5. The van der Waals surface area contributed by atoms with E-state index in [9.17, 15) is 18.4 Å². The molecule has 0 saturated heterocycles. The van der Waals surface area contributed by atoms with E-state index >= 15 is 0 Å². The van der Waals surface area contributed by atoms with Gasteiger partial charge in [0.2, 0.25) is 0 Å². The number of carbonyl (C=O) groups excluding carboxylic acids is 1. The number of hydrogen-bond donors (Lipinski definition) is 1. The summed E-state index contributed by atoms with van der Waals surface area (Å²) in [6.45, 7) is -0.769. The van der Waals surface area contributed by atoms with Crippen LogP contribution >= 0.6 is 0 Å². The van der Waals surface area contributed by atoms with Crippen molar-refractivity contribution in [3.8, 4) is 0 Å². The van der Waals surface area contributed by atoms with Crippen molar-refractivity contribution in [2.75, 3.05) is 13.2 Å². The number of carbonyl (C=O) groups is 2. The van der Waals surface area contributed by atoms with Crippen molar-refractivity contribution in [2.24, 2.45) is 0 Å². The highest BCUT2D eigenvalue weighted by Gasteiger charge is 2.06. The Labute approximate surface area is 79.9 Å². The van der Waals surface area contributed by atoms with Gasteiger partial charge in [-0.3, -0.25) is 9.59 Å². The molecule has 0 aliphatic rings. The number of carboxylic acid groups (broad SMARTS) is 1. The van der Waals surface area contributed by atoms with Gasteiger partial charge in [0.25, 0.3) is 6.43 Å². The smallest absolute Gasteiger partial charge is 0.303 e. The second-order valence-electron chi connectivity index (χ2n) is 2.65. The van der Waals surface area contributed by atoms with Crippen LogP contribution in [0.1, 0.15) is 19.3 Å². The molecule has 0 bridgehead atoms. The molecule has 0 radical (unpaired) electrons. The van der Waals surface area contributed by atoms with Crippen LogP contribution in [0.2, 0.25) is 0 Å². The summed E-state index contributed by atoms with van der Waals surface area (Å²) in [7, 11) is 0. The Kier molecular flexibility index (Phi) is 6.82. The SMILES string of the molecule is O=C(O)CCC(=O)CCOCC(F)F. The Bertz CT molecular complexity index is 194. The fraction of sp³-hybridized carbons (Fsp3) is 0.750. The van der Waals surface area contributed by atoms with E-state index < -0.39 is 19.0 Å². The molecule has 0 aliphatic carbocycles. The van der Waals surface area contributed by atoms with Crippen LogP contribution < -0.4 is 0 Å². The molecule has 6 heteroatoms.